The second-order valence-corrected chi connectivity index (χ2v) is 11.5. The SMILES string of the molecule is C=CCn1c(=NC(=O)c2ccc(S(=O)(=O)N3CCCCC3)cc2)sc2cc(C(C)C)ccc21. The lowest BCUT2D eigenvalue weighted by molar-refractivity contribution is 0.0997. The Morgan fingerprint density at radius 3 is 2.45 bits per heavy atom. The van der Waals surface area contributed by atoms with Crippen molar-refractivity contribution in [2.45, 2.75) is 50.5 Å². The van der Waals surface area contributed by atoms with Crippen molar-refractivity contribution in [3.63, 3.8) is 0 Å². The number of nitrogens with zero attached hydrogens (tertiary/aromatic N) is 3. The van der Waals surface area contributed by atoms with Gasteiger partial charge in [0, 0.05) is 25.2 Å². The van der Waals surface area contributed by atoms with Crippen molar-refractivity contribution in [1.82, 2.24) is 8.87 Å². The molecule has 0 N–H and O–H groups in total. The van der Waals surface area contributed by atoms with E-state index in [0.717, 1.165) is 29.5 Å². The number of allylic oxidation sites excluding steroid dienone is 1. The van der Waals surface area contributed by atoms with Gasteiger partial charge in [-0.1, -0.05) is 43.7 Å². The van der Waals surface area contributed by atoms with Gasteiger partial charge in [-0.25, -0.2) is 8.42 Å². The fourth-order valence-corrected chi connectivity index (χ4v) is 6.62. The molecule has 1 amide bonds. The standard InChI is InChI=1S/C25H29N3O3S2/c1-4-14-28-22-13-10-20(18(2)3)17-23(22)32-25(28)26-24(29)19-8-11-21(12-9-19)33(30,31)27-15-6-5-7-16-27/h4,8-13,17-18H,1,5-7,14-16H2,2-3H3. The number of rotatable bonds is 6. The number of benzene rings is 2. The lowest BCUT2D eigenvalue weighted by Gasteiger charge is -2.25. The van der Waals surface area contributed by atoms with Gasteiger partial charge in [-0.2, -0.15) is 9.30 Å². The summed E-state index contributed by atoms with van der Waals surface area (Å²) in [7, 11) is -3.53. The molecular formula is C25H29N3O3S2. The van der Waals surface area contributed by atoms with Crippen LogP contribution in [0.15, 0.2) is 65.0 Å². The van der Waals surface area contributed by atoms with E-state index in [-0.39, 0.29) is 4.90 Å². The van der Waals surface area contributed by atoms with E-state index in [4.69, 9.17) is 0 Å². The summed E-state index contributed by atoms with van der Waals surface area (Å²) in [6.07, 6.45) is 4.61. The van der Waals surface area contributed by atoms with Crippen molar-refractivity contribution in [3.05, 3.63) is 71.0 Å². The van der Waals surface area contributed by atoms with Gasteiger partial charge < -0.3 is 4.57 Å². The summed E-state index contributed by atoms with van der Waals surface area (Å²) >= 11 is 1.47. The number of fused-ring (bicyclic) bond motifs is 1. The summed E-state index contributed by atoms with van der Waals surface area (Å²) in [6, 6.07) is 12.4. The molecule has 3 aromatic rings. The average molecular weight is 484 g/mol. The van der Waals surface area contributed by atoms with Crippen LogP contribution in [0.4, 0.5) is 0 Å². The van der Waals surface area contributed by atoms with Crippen LogP contribution < -0.4 is 4.80 Å². The Morgan fingerprint density at radius 2 is 1.82 bits per heavy atom. The molecule has 174 valence electrons. The van der Waals surface area contributed by atoms with E-state index in [1.807, 2.05) is 4.57 Å². The zero-order chi connectivity index (χ0) is 23.6. The number of hydrogen-bond acceptors (Lipinski definition) is 4. The van der Waals surface area contributed by atoms with E-state index in [1.165, 1.54) is 33.3 Å². The molecule has 1 aliphatic rings. The predicted octanol–water partition coefficient (Wildman–Crippen LogP) is 4.93. The molecule has 2 heterocycles. The molecule has 0 atom stereocenters. The van der Waals surface area contributed by atoms with Crippen LogP contribution in [0.1, 0.15) is 54.9 Å². The zero-order valence-electron chi connectivity index (χ0n) is 19.0. The van der Waals surface area contributed by atoms with Gasteiger partial charge in [0.1, 0.15) is 0 Å². The molecule has 1 aliphatic heterocycles. The van der Waals surface area contributed by atoms with Crippen molar-refractivity contribution in [3.8, 4) is 0 Å². The molecule has 0 unspecified atom stereocenters. The highest BCUT2D eigenvalue weighted by atomic mass is 32.2. The van der Waals surface area contributed by atoms with Crippen LogP contribution in [0.25, 0.3) is 10.2 Å². The summed E-state index contributed by atoms with van der Waals surface area (Å²) in [6.45, 7) is 9.77. The Labute approximate surface area is 199 Å². The van der Waals surface area contributed by atoms with Crippen LogP contribution >= 0.6 is 11.3 Å². The summed E-state index contributed by atoms with van der Waals surface area (Å²) in [4.78, 5) is 18.1. The average Bonchev–Trinajstić information content (AvgIpc) is 3.16. The lowest BCUT2D eigenvalue weighted by Crippen LogP contribution is -2.35. The van der Waals surface area contributed by atoms with Gasteiger partial charge in [0.05, 0.1) is 15.1 Å². The minimum Gasteiger partial charge on any atom is -0.312 e. The summed E-state index contributed by atoms with van der Waals surface area (Å²) < 4.78 is 30.3. The molecule has 0 saturated carbocycles. The first-order chi connectivity index (χ1) is 15.8. The van der Waals surface area contributed by atoms with Gasteiger partial charge >= 0.3 is 0 Å². The molecule has 1 saturated heterocycles. The number of carbonyl (C=O) groups is 1. The molecule has 0 spiro atoms. The predicted molar refractivity (Wildman–Crippen MR) is 133 cm³/mol. The first-order valence-electron chi connectivity index (χ1n) is 11.2. The number of piperidine rings is 1. The third-order valence-corrected chi connectivity index (χ3v) is 8.89. The molecule has 33 heavy (non-hydrogen) atoms. The second kappa shape index (κ2) is 9.75. The number of sulfonamides is 1. The highest BCUT2D eigenvalue weighted by Gasteiger charge is 2.26. The number of hydrogen-bond donors (Lipinski definition) is 0. The molecule has 4 rings (SSSR count). The number of thiazole rings is 1. The molecule has 0 radical (unpaired) electrons. The van der Waals surface area contributed by atoms with Crippen molar-refractivity contribution >= 4 is 37.5 Å². The first-order valence-corrected chi connectivity index (χ1v) is 13.5. The number of carbonyl (C=O) groups excluding carboxylic acids is 1. The fraction of sp³-hybridized carbons (Fsp3) is 0.360. The summed E-state index contributed by atoms with van der Waals surface area (Å²) in [5, 5.41) is 0. The Kier molecular flexibility index (Phi) is 6.97. The van der Waals surface area contributed by atoms with E-state index in [9.17, 15) is 13.2 Å². The van der Waals surface area contributed by atoms with Crippen molar-refractivity contribution in [2.24, 2.45) is 4.99 Å². The molecule has 0 aliphatic carbocycles. The Hall–Kier alpha value is -2.55. The van der Waals surface area contributed by atoms with Crippen LogP contribution in [0, 0.1) is 0 Å². The third-order valence-electron chi connectivity index (χ3n) is 5.94. The maximum absolute atomic E-state index is 12.9. The third kappa shape index (κ3) is 4.88. The normalized spacial score (nSPS) is 15.9. The Morgan fingerprint density at radius 1 is 1.12 bits per heavy atom. The molecule has 0 bridgehead atoms. The van der Waals surface area contributed by atoms with Crippen molar-refractivity contribution in [2.75, 3.05) is 13.1 Å². The van der Waals surface area contributed by atoms with Crippen LogP contribution in [0.3, 0.4) is 0 Å². The second-order valence-electron chi connectivity index (χ2n) is 8.57. The highest BCUT2D eigenvalue weighted by Crippen LogP contribution is 2.24. The number of aromatic nitrogens is 1. The van der Waals surface area contributed by atoms with E-state index >= 15 is 0 Å². The van der Waals surface area contributed by atoms with Crippen molar-refractivity contribution < 1.29 is 13.2 Å². The molecule has 8 heteroatoms. The van der Waals surface area contributed by atoms with Crippen LogP contribution in [-0.2, 0) is 16.6 Å². The minimum atomic E-state index is -3.53. The van der Waals surface area contributed by atoms with Gasteiger partial charge in [0.2, 0.25) is 10.0 Å². The highest BCUT2D eigenvalue weighted by molar-refractivity contribution is 7.89. The zero-order valence-corrected chi connectivity index (χ0v) is 20.7. The molecule has 1 fully saturated rings. The van der Waals surface area contributed by atoms with E-state index in [1.54, 1.807) is 18.2 Å². The van der Waals surface area contributed by atoms with Gasteiger partial charge in [0.25, 0.3) is 5.91 Å². The van der Waals surface area contributed by atoms with Crippen LogP contribution in [0.5, 0.6) is 0 Å². The largest absolute Gasteiger partial charge is 0.312 e. The smallest absolute Gasteiger partial charge is 0.279 e. The Balaban J connectivity index is 1.66. The van der Waals surface area contributed by atoms with E-state index < -0.39 is 15.9 Å². The van der Waals surface area contributed by atoms with E-state index in [2.05, 4.69) is 43.6 Å². The minimum absolute atomic E-state index is 0.214. The monoisotopic (exact) mass is 483 g/mol. The molecule has 6 nitrogen and oxygen atoms in total. The van der Waals surface area contributed by atoms with E-state index in [0.29, 0.717) is 35.9 Å². The molecular weight excluding hydrogens is 454 g/mol. The summed E-state index contributed by atoms with van der Waals surface area (Å²) in [5.74, 6) is 0.0106. The number of amides is 1. The Bertz CT molecular complexity index is 1340. The molecule has 1 aromatic heterocycles. The van der Waals surface area contributed by atoms with Gasteiger partial charge in [-0.05, 0) is 60.7 Å². The van der Waals surface area contributed by atoms with Crippen LogP contribution in [-0.4, -0.2) is 36.3 Å². The fourth-order valence-electron chi connectivity index (χ4n) is 4.01. The maximum Gasteiger partial charge on any atom is 0.279 e. The molecule has 2 aromatic carbocycles. The summed E-state index contributed by atoms with van der Waals surface area (Å²) in [5.41, 5.74) is 2.61. The first kappa shape index (κ1) is 23.6. The lowest BCUT2D eigenvalue weighted by atomic mass is 10.0. The van der Waals surface area contributed by atoms with Gasteiger partial charge in [-0.15, -0.1) is 6.58 Å². The maximum atomic E-state index is 12.9. The van der Waals surface area contributed by atoms with Gasteiger partial charge in [-0.3, -0.25) is 4.79 Å². The topological polar surface area (TPSA) is 71.7 Å². The van der Waals surface area contributed by atoms with Crippen LogP contribution in [0.2, 0.25) is 0 Å². The van der Waals surface area contributed by atoms with Crippen molar-refractivity contribution in [1.29, 1.82) is 0 Å². The van der Waals surface area contributed by atoms with Gasteiger partial charge in [0.15, 0.2) is 4.80 Å². The quantitative estimate of drug-likeness (QED) is 0.467.